The fourth-order valence-electron chi connectivity index (χ4n) is 2.07. The molecule has 3 heteroatoms. The zero-order valence-electron chi connectivity index (χ0n) is 9.22. The first-order valence-electron chi connectivity index (χ1n) is 5.60. The van der Waals surface area contributed by atoms with Crippen LogP contribution in [0.15, 0.2) is 58.5 Å². The van der Waals surface area contributed by atoms with Crippen LogP contribution in [0.5, 0.6) is 0 Å². The fourth-order valence-corrected chi connectivity index (χ4v) is 3.32. The molecule has 1 heterocycles. The van der Waals surface area contributed by atoms with Crippen molar-refractivity contribution >= 4 is 11.8 Å². The lowest BCUT2D eigenvalue weighted by atomic mass is 10.1. The van der Waals surface area contributed by atoms with Crippen molar-refractivity contribution in [1.82, 2.24) is 0 Å². The third kappa shape index (κ3) is 1.85. The molecule has 0 aromatic carbocycles. The Balaban J connectivity index is 1.99. The van der Waals surface area contributed by atoms with Gasteiger partial charge in [-0.25, -0.2) is 0 Å². The lowest BCUT2D eigenvalue weighted by Crippen LogP contribution is -2.04. The number of nitriles is 1. The van der Waals surface area contributed by atoms with Crippen molar-refractivity contribution in [2.75, 3.05) is 0 Å². The van der Waals surface area contributed by atoms with Gasteiger partial charge in [-0.3, -0.25) is 0 Å². The molecular formula is C14H11NOS. The highest BCUT2D eigenvalue weighted by Gasteiger charge is 2.25. The number of ether oxygens (including phenoxy) is 1. The molecule has 0 bridgehead atoms. The molecule has 84 valence electrons. The number of rotatable bonds is 0. The van der Waals surface area contributed by atoms with Crippen LogP contribution in [-0.4, -0.2) is 5.25 Å². The molecule has 1 unspecified atom stereocenters. The molecule has 2 aliphatic carbocycles. The summed E-state index contributed by atoms with van der Waals surface area (Å²) in [6, 6.07) is 2.21. The molecule has 17 heavy (non-hydrogen) atoms. The van der Waals surface area contributed by atoms with Crippen molar-refractivity contribution in [2.24, 2.45) is 0 Å². The number of allylic oxidation sites excluding steroid dienone is 6. The first kappa shape index (κ1) is 10.5. The maximum atomic E-state index is 9.09. The maximum absolute atomic E-state index is 9.09. The topological polar surface area (TPSA) is 33.0 Å². The first-order chi connectivity index (χ1) is 8.38. The van der Waals surface area contributed by atoms with E-state index >= 15 is 0 Å². The van der Waals surface area contributed by atoms with E-state index in [2.05, 4.69) is 24.3 Å². The van der Waals surface area contributed by atoms with Gasteiger partial charge in [0.1, 0.15) is 6.07 Å². The van der Waals surface area contributed by atoms with Crippen LogP contribution in [0.3, 0.4) is 0 Å². The summed E-state index contributed by atoms with van der Waals surface area (Å²) in [5.74, 6) is 0.757. The van der Waals surface area contributed by atoms with Gasteiger partial charge >= 0.3 is 0 Å². The summed E-state index contributed by atoms with van der Waals surface area (Å²) in [6.07, 6.45) is 13.9. The van der Waals surface area contributed by atoms with Gasteiger partial charge in [0, 0.05) is 10.5 Å². The van der Waals surface area contributed by atoms with Gasteiger partial charge in [0.2, 0.25) is 0 Å². The third-order valence-corrected chi connectivity index (χ3v) is 4.29. The van der Waals surface area contributed by atoms with E-state index in [0.29, 0.717) is 10.8 Å². The predicted octanol–water partition coefficient (Wildman–Crippen LogP) is 3.58. The van der Waals surface area contributed by atoms with Crippen molar-refractivity contribution in [2.45, 2.75) is 18.1 Å². The van der Waals surface area contributed by atoms with Crippen LogP contribution in [0, 0.1) is 11.3 Å². The second-order valence-corrected chi connectivity index (χ2v) is 5.28. The van der Waals surface area contributed by atoms with Gasteiger partial charge in [-0.1, -0.05) is 30.4 Å². The molecule has 0 spiro atoms. The Morgan fingerprint density at radius 2 is 2.35 bits per heavy atom. The molecule has 3 rings (SSSR count). The van der Waals surface area contributed by atoms with Crippen molar-refractivity contribution in [3.63, 3.8) is 0 Å². The molecule has 0 saturated heterocycles. The highest BCUT2D eigenvalue weighted by Crippen LogP contribution is 2.41. The Kier molecular flexibility index (Phi) is 2.66. The van der Waals surface area contributed by atoms with E-state index in [4.69, 9.17) is 10.00 Å². The minimum atomic E-state index is 0.325. The fraction of sp³-hybridized carbons (Fsp3) is 0.214. The molecule has 0 N–H and O–H groups in total. The van der Waals surface area contributed by atoms with Crippen molar-refractivity contribution < 1.29 is 4.74 Å². The molecule has 0 fully saturated rings. The molecule has 1 atom stereocenters. The molecule has 3 aliphatic rings. The van der Waals surface area contributed by atoms with Gasteiger partial charge in [0.15, 0.2) is 5.76 Å². The van der Waals surface area contributed by atoms with Crippen LogP contribution in [0.2, 0.25) is 0 Å². The number of hydrogen-bond donors (Lipinski definition) is 0. The molecule has 0 saturated carbocycles. The second-order valence-electron chi connectivity index (χ2n) is 4.04. The Morgan fingerprint density at radius 1 is 1.41 bits per heavy atom. The minimum Gasteiger partial charge on any atom is -0.462 e. The van der Waals surface area contributed by atoms with Crippen LogP contribution in [-0.2, 0) is 4.74 Å². The number of thioether (sulfide) groups is 1. The van der Waals surface area contributed by atoms with Crippen LogP contribution in [0.4, 0.5) is 0 Å². The normalized spacial score (nSPS) is 25.9. The summed E-state index contributed by atoms with van der Waals surface area (Å²) in [4.78, 5) is 1.19. The van der Waals surface area contributed by atoms with Crippen LogP contribution in [0.1, 0.15) is 12.8 Å². The number of nitrogens with zero attached hydrogens (tertiary/aromatic N) is 1. The Morgan fingerprint density at radius 3 is 3.24 bits per heavy atom. The Labute approximate surface area is 105 Å². The summed E-state index contributed by atoms with van der Waals surface area (Å²) in [5, 5.41) is 9.41. The zero-order valence-corrected chi connectivity index (χ0v) is 10.0. The quantitative estimate of drug-likeness (QED) is 0.650. The lowest BCUT2D eigenvalue weighted by molar-refractivity contribution is 0.356. The largest absolute Gasteiger partial charge is 0.462 e. The van der Waals surface area contributed by atoms with Crippen molar-refractivity contribution in [3.05, 3.63) is 58.5 Å². The number of fused-ring (bicyclic) bond motifs is 1. The summed E-state index contributed by atoms with van der Waals surface area (Å²) in [5.41, 5.74) is 1.83. The number of hydrogen-bond acceptors (Lipinski definition) is 3. The molecule has 0 amide bonds. The SMILES string of the molecule is N#CC1=CCCC2=C1OC=C1C=CC=CC1S2. The lowest BCUT2D eigenvalue weighted by Gasteiger charge is -2.17. The van der Waals surface area contributed by atoms with Gasteiger partial charge in [-0.05, 0) is 12.8 Å². The predicted molar refractivity (Wildman–Crippen MR) is 68.8 cm³/mol. The van der Waals surface area contributed by atoms with Crippen molar-refractivity contribution in [3.8, 4) is 6.07 Å². The second kappa shape index (κ2) is 4.31. The molecule has 0 radical (unpaired) electrons. The van der Waals surface area contributed by atoms with Crippen LogP contribution >= 0.6 is 11.8 Å². The van der Waals surface area contributed by atoms with E-state index in [1.165, 1.54) is 4.91 Å². The average Bonchev–Trinajstić information content (AvgIpc) is 2.57. The first-order valence-corrected chi connectivity index (χ1v) is 6.48. The Hall–Kier alpha value is -1.66. The van der Waals surface area contributed by atoms with E-state index in [0.717, 1.165) is 24.2 Å². The molecule has 0 aromatic rings. The summed E-state index contributed by atoms with van der Waals surface area (Å²) < 4.78 is 5.70. The standard InChI is InChI=1S/C14H11NOS/c15-8-10-5-3-7-13-14(10)16-9-11-4-1-2-6-12(11)17-13/h1-2,4-6,9,12H,3,7H2. The summed E-state index contributed by atoms with van der Waals surface area (Å²) in [7, 11) is 0. The van der Waals surface area contributed by atoms with Gasteiger partial charge in [0.05, 0.1) is 17.1 Å². The van der Waals surface area contributed by atoms with Gasteiger partial charge in [0.25, 0.3) is 0 Å². The van der Waals surface area contributed by atoms with E-state index in [9.17, 15) is 0 Å². The van der Waals surface area contributed by atoms with E-state index in [1.807, 2.05) is 12.2 Å². The summed E-state index contributed by atoms with van der Waals surface area (Å²) >= 11 is 1.80. The third-order valence-electron chi connectivity index (χ3n) is 2.93. The molecular weight excluding hydrogens is 230 g/mol. The van der Waals surface area contributed by atoms with Crippen LogP contribution in [0.25, 0.3) is 0 Å². The molecule has 0 aromatic heterocycles. The van der Waals surface area contributed by atoms with E-state index in [1.54, 1.807) is 18.0 Å². The average molecular weight is 241 g/mol. The van der Waals surface area contributed by atoms with Crippen LogP contribution < -0.4 is 0 Å². The highest BCUT2D eigenvalue weighted by molar-refractivity contribution is 8.04. The summed E-state index contributed by atoms with van der Waals surface area (Å²) in [6.45, 7) is 0. The molecule has 1 aliphatic heterocycles. The van der Waals surface area contributed by atoms with Gasteiger partial charge in [-0.2, -0.15) is 5.26 Å². The maximum Gasteiger partial charge on any atom is 0.153 e. The zero-order chi connectivity index (χ0) is 11.7. The van der Waals surface area contributed by atoms with Crippen molar-refractivity contribution in [1.29, 1.82) is 5.26 Å². The Bertz CT molecular complexity index is 543. The molecule has 2 nitrogen and oxygen atoms in total. The van der Waals surface area contributed by atoms with Gasteiger partial charge < -0.3 is 4.74 Å². The van der Waals surface area contributed by atoms with Gasteiger partial charge in [-0.15, -0.1) is 11.8 Å². The highest BCUT2D eigenvalue weighted by atomic mass is 32.2. The van der Waals surface area contributed by atoms with E-state index in [-0.39, 0.29) is 0 Å². The smallest absolute Gasteiger partial charge is 0.153 e. The minimum absolute atomic E-state index is 0.325. The van der Waals surface area contributed by atoms with E-state index < -0.39 is 0 Å². The monoisotopic (exact) mass is 241 g/mol.